The number of carbonyl (C=O) groups excluding carboxylic acids is 1. The molecule has 1 aromatic heterocycles. The van der Waals surface area contributed by atoms with Crippen LogP contribution in [0.25, 0.3) is 0 Å². The maximum Gasteiger partial charge on any atom is 0.160 e. The van der Waals surface area contributed by atoms with Gasteiger partial charge in [0.05, 0.1) is 17.4 Å². The second kappa shape index (κ2) is 5.28. The van der Waals surface area contributed by atoms with Crippen molar-refractivity contribution in [2.75, 3.05) is 0 Å². The van der Waals surface area contributed by atoms with Gasteiger partial charge in [-0.25, -0.2) is 0 Å². The molecule has 0 fully saturated rings. The number of carbonyl (C=O) groups is 1. The molecule has 1 aromatic carbocycles. The van der Waals surface area contributed by atoms with Crippen molar-refractivity contribution in [1.82, 2.24) is 0 Å². The third-order valence-electron chi connectivity index (χ3n) is 2.15. The second-order valence-corrected chi connectivity index (χ2v) is 4.33. The first-order valence-electron chi connectivity index (χ1n) is 4.99. The van der Waals surface area contributed by atoms with Crippen molar-refractivity contribution in [3.63, 3.8) is 0 Å². The lowest BCUT2D eigenvalue weighted by Crippen LogP contribution is -1.84. The summed E-state index contributed by atoms with van der Waals surface area (Å²) in [5.41, 5.74) is 0.957. The Bertz CT molecular complexity index is 552. The van der Waals surface area contributed by atoms with Gasteiger partial charge in [0, 0.05) is 11.4 Å². The van der Waals surface area contributed by atoms with Crippen LogP contribution in [0.1, 0.15) is 15.2 Å². The molecule has 0 spiro atoms. The summed E-state index contributed by atoms with van der Waals surface area (Å²) >= 11 is 1.34. The van der Waals surface area contributed by atoms with E-state index in [1.807, 2.05) is 24.3 Å². The van der Waals surface area contributed by atoms with E-state index in [-0.39, 0.29) is 0 Å². The Labute approximate surface area is 103 Å². The van der Waals surface area contributed by atoms with Crippen LogP contribution in [0.5, 0.6) is 11.5 Å². The van der Waals surface area contributed by atoms with E-state index in [0.717, 1.165) is 11.8 Å². The van der Waals surface area contributed by atoms with Gasteiger partial charge in [-0.1, -0.05) is 12.1 Å². The molecule has 0 unspecified atom stereocenters. The average Bonchev–Trinajstić information content (AvgIpc) is 2.80. The highest BCUT2D eigenvalue weighted by Gasteiger charge is 2.01. The highest BCUT2D eigenvalue weighted by molar-refractivity contribution is 7.11. The topological polar surface area (TPSA) is 50.1 Å². The Morgan fingerprint density at radius 3 is 2.65 bits per heavy atom. The first-order valence-corrected chi connectivity index (χ1v) is 5.87. The van der Waals surface area contributed by atoms with E-state index in [2.05, 4.69) is 6.07 Å². The van der Waals surface area contributed by atoms with Crippen molar-refractivity contribution < 1.29 is 9.53 Å². The van der Waals surface area contributed by atoms with Crippen LogP contribution in [0.4, 0.5) is 0 Å². The molecule has 1 heterocycles. The summed E-state index contributed by atoms with van der Waals surface area (Å²) in [5.74, 6) is 1.35. The van der Waals surface area contributed by atoms with E-state index < -0.39 is 0 Å². The van der Waals surface area contributed by atoms with Crippen LogP contribution in [-0.2, 0) is 6.42 Å². The maximum atomic E-state index is 10.5. The van der Waals surface area contributed by atoms with Crippen molar-refractivity contribution in [3.05, 3.63) is 46.2 Å². The van der Waals surface area contributed by atoms with E-state index in [1.165, 1.54) is 11.3 Å². The number of nitrogens with zero attached hydrogens (tertiary/aromatic N) is 1. The smallest absolute Gasteiger partial charge is 0.160 e. The van der Waals surface area contributed by atoms with Crippen LogP contribution in [0.15, 0.2) is 35.7 Å². The molecule has 0 aliphatic rings. The highest BCUT2D eigenvalue weighted by Crippen LogP contribution is 2.26. The predicted octanol–water partition coefficient (Wildman–Crippen LogP) is 3.42. The summed E-state index contributed by atoms with van der Waals surface area (Å²) in [4.78, 5) is 11.2. The number of ether oxygens (including phenoxy) is 1. The van der Waals surface area contributed by atoms with Gasteiger partial charge < -0.3 is 4.74 Å². The van der Waals surface area contributed by atoms with Gasteiger partial charge in [0.15, 0.2) is 6.29 Å². The third kappa shape index (κ3) is 2.92. The standard InChI is InChI=1S/C13H9NO2S/c14-6-5-10-1-3-11(4-2-10)16-12-7-13(8-15)17-9-12/h1-4,7-9H,5H2. The molecular weight excluding hydrogens is 234 g/mol. The van der Waals surface area contributed by atoms with Crippen LogP contribution in [0.2, 0.25) is 0 Å². The molecular formula is C13H9NO2S. The molecule has 2 aromatic rings. The number of hydrogen-bond donors (Lipinski definition) is 0. The van der Waals surface area contributed by atoms with Crippen LogP contribution in [0, 0.1) is 11.3 Å². The van der Waals surface area contributed by atoms with Crippen molar-refractivity contribution in [2.24, 2.45) is 0 Å². The predicted molar refractivity (Wildman–Crippen MR) is 65.5 cm³/mol. The fourth-order valence-electron chi connectivity index (χ4n) is 1.35. The van der Waals surface area contributed by atoms with E-state index >= 15 is 0 Å². The molecule has 17 heavy (non-hydrogen) atoms. The minimum Gasteiger partial charge on any atom is -0.456 e. The van der Waals surface area contributed by atoms with Crippen molar-refractivity contribution >= 4 is 17.6 Å². The molecule has 0 N–H and O–H groups in total. The van der Waals surface area contributed by atoms with Gasteiger partial charge in [-0.15, -0.1) is 11.3 Å². The Kier molecular flexibility index (Phi) is 3.53. The Morgan fingerprint density at radius 1 is 1.29 bits per heavy atom. The molecule has 0 radical (unpaired) electrons. The number of benzene rings is 1. The van der Waals surface area contributed by atoms with Crippen molar-refractivity contribution in [1.29, 1.82) is 5.26 Å². The number of nitriles is 1. The Morgan fingerprint density at radius 2 is 2.06 bits per heavy atom. The molecule has 0 aliphatic heterocycles. The minimum absolute atomic E-state index is 0.397. The van der Waals surface area contributed by atoms with Gasteiger partial charge in [-0.05, 0) is 17.7 Å². The lowest BCUT2D eigenvalue weighted by atomic mass is 10.2. The number of aldehydes is 1. The molecule has 0 amide bonds. The van der Waals surface area contributed by atoms with E-state index in [9.17, 15) is 4.79 Å². The van der Waals surface area contributed by atoms with Gasteiger partial charge in [0.25, 0.3) is 0 Å². The monoisotopic (exact) mass is 243 g/mol. The minimum atomic E-state index is 0.397. The fraction of sp³-hybridized carbons (Fsp3) is 0.0769. The van der Waals surface area contributed by atoms with Gasteiger partial charge in [-0.2, -0.15) is 5.26 Å². The molecule has 4 heteroatoms. The normalized spacial score (nSPS) is 9.59. The summed E-state index contributed by atoms with van der Waals surface area (Å²) in [6.45, 7) is 0. The zero-order valence-corrected chi connectivity index (χ0v) is 9.74. The highest BCUT2D eigenvalue weighted by atomic mass is 32.1. The molecule has 0 saturated heterocycles. The third-order valence-corrected chi connectivity index (χ3v) is 2.99. The van der Waals surface area contributed by atoms with E-state index in [1.54, 1.807) is 11.4 Å². The Hall–Kier alpha value is -2.12. The van der Waals surface area contributed by atoms with Gasteiger partial charge in [0.1, 0.15) is 11.5 Å². The quantitative estimate of drug-likeness (QED) is 0.773. The largest absolute Gasteiger partial charge is 0.456 e. The number of thiophene rings is 1. The summed E-state index contributed by atoms with van der Waals surface area (Å²) < 4.78 is 5.56. The maximum absolute atomic E-state index is 10.5. The number of hydrogen-bond acceptors (Lipinski definition) is 4. The van der Waals surface area contributed by atoms with Crippen molar-refractivity contribution in [2.45, 2.75) is 6.42 Å². The van der Waals surface area contributed by atoms with E-state index in [4.69, 9.17) is 10.00 Å². The zero-order chi connectivity index (χ0) is 12.1. The van der Waals surface area contributed by atoms with Crippen LogP contribution in [0.3, 0.4) is 0 Å². The zero-order valence-electron chi connectivity index (χ0n) is 8.92. The first-order chi connectivity index (χ1) is 8.31. The molecule has 3 nitrogen and oxygen atoms in total. The molecule has 0 aliphatic carbocycles. The summed E-state index contributed by atoms with van der Waals surface area (Å²) in [6, 6.07) is 11.1. The first kappa shape index (κ1) is 11.4. The summed E-state index contributed by atoms with van der Waals surface area (Å²) in [5, 5.41) is 10.3. The van der Waals surface area contributed by atoms with Gasteiger partial charge in [0.2, 0.25) is 0 Å². The van der Waals surface area contributed by atoms with Crippen LogP contribution < -0.4 is 4.74 Å². The number of rotatable bonds is 4. The van der Waals surface area contributed by atoms with E-state index in [0.29, 0.717) is 22.8 Å². The van der Waals surface area contributed by atoms with Crippen molar-refractivity contribution in [3.8, 4) is 17.6 Å². The summed E-state index contributed by atoms with van der Waals surface area (Å²) in [7, 11) is 0. The Balaban J connectivity index is 2.08. The van der Waals surface area contributed by atoms with Gasteiger partial charge >= 0.3 is 0 Å². The molecule has 0 saturated carbocycles. The summed E-state index contributed by atoms with van der Waals surface area (Å²) in [6.07, 6.45) is 1.20. The molecule has 2 rings (SSSR count). The second-order valence-electron chi connectivity index (χ2n) is 3.38. The lowest BCUT2D eigenvalue weighted by Gasteiger charge is -2.03. The molecule has 84 valence electrons. The van der Waals surface area contributed by atoms with Crippen LogP contribution in [-0.4, -0.2) is 6.29 Å². The lowest BCUT2D eigenvalue weighted by molar-refractivity contribution is 0.112. The average molecular weight is 243 g/mol. The fourth-order valence-corrected chi connectivity index (χ4v) is 1.96. The SMILES string of the molecule is N#CCc1ccc(Oc2csc(C=O)c2)cc1. The molecule has 0 bridgehead atoms. The molecule has 0 atom stereocenters. The van der Waals surface area contributed by atoms with Crippen LogP contribution >= 0.6 is 11.3 Å². The van der Waals surface area contributed by atoms with Gasteiger partial charge in [-0.3, -0.25) is 4.79 Å².